The normalized spacial score (nSPS) is 11.7. The smallest absolute Gasteiger partial charge is 0.181 e. The van der Waals surface area contributed by atoms with Gasteiger partial charge in [0.1, 0.15) is 10.0 Å². The topological polar surface area (TPSA) is 47.0 Å². The van der Waals surface area contributed by atoms with Crippen LogP contribution in [0.4, 0.5) is 0 Å². The van der Waals surface area contributed by atoms with Crippen LogP contribution in [0.3, 0.4) is 0 Å². The van der Waals surface area contributed by atoms with Gasteiger partial charge in [0.2, 0.25) is 0 Å². The maximum absolute atomic E-state index is 11.7. The van der Waals surface area contributed by atoms with Crippen LogP contribution < -0.4 is 0 Å². The highest BCUT2D eigenvalue weighted by molar-refractivity contribution is 7.91. The molecule has 0 spiro atoms. The average molecular weight is 289 g/mol. The third-order valence-corrected chi connectivity index (χ3v) is 4.97. The fraction of sp³-hybridized carbons (Fsp3) is 0.375. The quantitative estimate of drug-likeness (QED) is 0.802. The summed E-state index contributed by atoms with van der Waals surface area (Å²) in [5.74, 6) is 0.00631. The molecule has 0 aliphatic heterocycles. The lowest BCUT2D eigenvalue weighted by Gasteiger charge is -2.06. The number of hydrogen-bond acceptors (Lipinski definition) is 3. The Bertz CT molecular complexity index is 473. The van der Waals surface area contributed by atoms with E-state index in [4.69, 9.17) is 34.8 Å². The van der Waals surface area contributed by atoms with Crippen LogP contribution in [0.5, 0.6) is 0 Å². The number of pyridine rings is 1. The van der Waals surface area contributed by atoms with Gasteiger partial charge in [-0.25, -0.2) is 13.4 Å². The summed E-state index contributed by atoms with van der Waals surface area (Å²) in [6.07, 6.45) is 1.63. The first-order valence-electron chi connectivity index (χ1n) is 4.12. The molecule has 0 saturated heterocycles. The zero-order valence-corrected chi connectivity index (χ0v) is 10.9. The number of halogens is 3. The maximum atomic E-state index is 11.7. The van der Waals surface area contributed by atoms with E-state index in [2.05, 4.69) is 4.98 Å². The van der Waals surface area contributed by atoms with Crippen LogP contribution in [0.25, 0.3) is 0 Å². The van der Waals surface area contributed by atoms with E-state index >= 15 is 0 Å². The number of aromatic nitrogens is 1. The third-order valence-electron chi connectivity index (χ3n) is 1.69. The summed E-state index contributed by atoms with van der Waals surface area (Å²) >= 11 is 17.1. The minimum Gasteiger partial charge on any atom is -0.242 e. The predicted molar refractivity (Wildman–Crippen MR) is 61.6 cm³/mol. The monoisotopic (exact) mass is 287 g/mol. The van der Waals surface area contributed by atoms with Gasteiger partial charge in [-0.3, -0.25) is 0 Å². The van der Waals surface area contributed by atoms with E-state index in [1.54, 1.807) is 6.92 Å². The molecule has 1 rings (SSSR count). The van der Waals surface area contributed by atoms with Gasteiger partial charge in [0.25, 0.3) is 0 Å². The number of hydrogen-bond donors (Lipinski definition) is 0. The van der Waals surface area contributed by atoms with Crippen molar-refractivity contribution in [1.82, 2.24) is 4.98 Å². The molecule has 0 bridgehead atoms. The Morgan fingerprint density at radius 1 is 1.27 bits per heavy atom. The Kier molecular flexibility index (Phi) is 4.23. The first-order chi connectivity index (χ1) is 6.90. The van der Waals surface area contributed by atoms with E-state index in [1.165, 1.54) is 0 Å². The highest BCUT2D eigenvalue weighted by Gasteiger charge is 2.21. The molecule has 0 unspecified atom stereocenters. The van der Waals surface area contributed by atoms with Gasteiger partial charge in [-0.2, -0.15) is 0 Å². The molecule has 0 aromatic carbocycles. The molecular weight excluding hydrogens is 281 g/mol. The molecule has 0 aliphatic rings. The molecule has 0 N–H and O–H groups in total. The van der Waals surface area contributed by atoms with E-state index in [-0.39, 0.29) is 25.8 Å². The van der Waals surface area contributed by atoms with E-state index in [1.807, 2.05) is 0 Å². The molecule has 3 nitrogen and oxygen atoms in total. The second-order valence-corrected chi connectivity index (χ2v) is 6.05. The van der Waals surface area contributed by atoms with E-state index in [9.17, 15) is 8.42 Å². The van der Waals surface area contributed by atoms with E-state index in [0.717, 1.165) is 6.20 Å². The van der Waals surface area contributed by atoms with Crippen molar-refractivity contribution in [3.8, 4) is 0 Å². The maximum Gasteiger partial charge on any atom is 0.181 e. The van der Waals surface area contributed by atoms with E-state index in [0.29, 0.717) is 6.42 Å². The highest BCUT2D eigenvalue weighted by Crippen LogP contribution is 2.33. The van der Waals surface area contributed by atoms with Gasteiger partial charge in [0.15, 0.2) is 9.84 Å². The van der Waals surface area contributed by atoms with Crippen LogP contribution in [-0.4, -0.2) is 19.2 Å². The second kappa shape index (κ2) is 4.87. The lowest BCUT2D eigenvalue weighted by molar-refractivity contribution is 0.594. The SMILES string of the molecule is CCCS(=O)(=O)c1cnc(Cl)c(Cl)c1Cl. The predicted octanol–water partition coefficient (Wildman–Crippen LogP) is 3.23. The molecule has 0 saturated carbocycles. The minimum atomic E-state index is -3.42. The number of sulfone groups is 1. The Labute approximate surface area is 103 Å². The first kappa shape index (κ1) is 13.0. The highest BCUT2D eigenvalue weighted by atomic mass is 35.5. The summed E-state index contributed by atoms with van der Waals surface area (Å²) in [5, 5.41) is -0.0993. The van der Waals surface area contributed by atoms with Crippen LogP contribution in [0, 0.1) is 0 Å². The fourth-order valence-corrected chi connectivity index (χ4v) is 3.26. The molecule has 0 atom stereocenters. The molecule has 84 valence electrons. The third kappa shape index (κ3) is 2.75. The lowest BCUT2D eigenvalue weighted by Crippen LogP contribution is -2.07. The molecule has 1 aromatic rings. The molecule has 0 fully saturated rings. The molecule has 15 heavy (non-hydrogen) atoms. The van der Waals surface area contributed by atoms with Crippen molar-refractivity contribution in [2.45, 2.75) is 18.2 Å². The van der Waals surface area contributed by atoms with Crippen molar-refractivity contribution in [3.63, 3.8) is 0 Å². The van der Waals surface area contributed by atoms with Gasteiger partial charge in [0, 0.05) is 6.20 Å². The second-order valence-electron chi connectivity index (χ2n) is 2.86. The summed E-state index contributed by atoms with van der Waals surface area (Å²) in [4.78, 5) is 3.59. The zero-order valence-electron chi connectivity index (χ0n) is 7.80. The summed E-state index contributed by atoms with van der Waals surface area (Å²) in [6.45, 7) is 1.76. The number of rotatable bonds is 3. The van der Waals surface area contributed by atoms with Gasteiger partial charge < -0.3 is 0 Å². The molecular formula is C8H8Cl3NO2S. The first-order valence-corrected chi connectivity index (χ1v) is 6.91. The lowest BCUT2D eigenvalue weighted by atomic mass is 10.5. The summed E-state index contributed by atoms with van der Waals surface area (Å²) in [7, 11) is -3.42. The van der Waals surface area contributed by atoms with Crippen molar-refractivity contribution in [2.24, 2.45) is 0 Å². The summed E-state index contributed by atoms with van der Waals surface area (Å²) < 4.78 is 23.4. The molecule has 0 radical (unpaired) electrons. The van der Waals surface area contributed by atoms with Gasteiger partial charge in [0.05, 0.1) is 15.8 Å². The Morgan fingerprint density at radius 2 is 1.87 bits per heavy atom. The van der Waals surface area contributed by atoms with Gasteiger partial charge in [-0.05, 0) is 6.42 Å². The van der Waals surface area contributed by atoms with Crippen molar-refractivity contribution in [3.05, 3.63) is 21.4 Å². The van der Waals surface area contributed by atoms with Crippen molar-refractivity contribution in [2.75, 3.05) is 5.75 Å². The molecule has 7 heteroatoms. The van der Waals surface area contributed by atoms with Gasteiger partial charge in [-0.1, -0.05) is 41.7 Å². The number of nitrogens with zero attached hydrogens (tertiary/aromatic N) is 1. The average Bonchev–Trinajstić information content (AvgIpc) is 2.13. The molecule has 1 heterocycles. The van der Waals surface area contributed by atoms with Crippen LogP contribution >= 0.6 is 34.8 Å². The van der Waals surface area contributed by atoms with Crippen LogP contribution in [0.2, 0.25) is 15.2 Å². The largest absolute Gasteiger partial charge is 0.242 e. The molecule has 0 amide bonds. The van der Waals surface area contributed by atoms with Crippen molar-refractivity contribution < 1.29 is 8.42 Å². The molecule has 0 aliphatic carbocycles. The van der Waals surface area contributed by atoms with Gasteiger partial charge in [-0.15, -0.1) is 0 Å². The van der Waals surface area contributed by atoms with E-state index < -0.39 is 9.84 Å². The summed E-state index contributed by atoms with van der Waals surface area (Å²) in [5.41, 5.74) is 0. The van der Waals surface area contributed by atoms with Crippen LogP contribution in [0.15, 0.2) is 11.1 Å². The zero-order chi connectivity index (χ0) is 11.6. The minimum absolute atomic E-state index is 0.00267. The Balaban J connectivity index is 3.34. The molecule has 1 aromatic heterocycles. The standard InChI is InChI=1S/C8H8Cl3NO2S/c1-2-3-15(13,14)5-4-12-8(11)7(10)6(5)9/h4H,2-3H2,1H3. The van der Waals surface area contributed by atoms with Crippen molar-refractivity contribution >= 4 is 44.6 Å². The summed E-state index contributed by atoms with van der Waals surface area (Å²) in [6, 6.07) is 0. The fourth-order valence-electron chi connectivity index (χ4n) is 1.02. The Hall–Kier alpha value is -0.0300. The van der Waals surface area contributed by atoms with Crippen LogP contribution in [0.1, 0.15) is 13.3 Å². The van der Waals surface area contributed by atoms with Gasteiger partial charge >= 0.3 is 0 Å². The van der Waals surface area contributed by atoms with Crippen LogP contribution in [-0.2, 0) is 9.84 Å². The Morgan fingerprint density at radius 3 is 2.40 bits per heavy atom. The van der Waals surface area contributed by atoms with Crippen molar-refractivity contribution in [1.29, 1.82) is 0 Å².